The van der Waals surface area contributed by atoms with E-state index in [0.29, 0.717) is 13.0 Å². The average Bonchev–Trinajstić information content (AvgIpc) is 3.20. The second-order valence-corrected chi connectivity index (χ2v) is 8.09. The Hall–Kier alpha value is -2.76. The first kappa shape index (κ1) is 21.9. The van der Waals surface area contributed by atoms with Gasteiger partial charge in [-0.1, -0.05) is 12.1 Å². The van der Waals surface area contributed by atoms with E-state index in [4.69, 9.17) is 9.47 Å². The van der Waals surface area contributed by atoms with Gasteiger partial charge in [0.2, 0.25) is 10.0 Å². The minimum Gasteiger partial charge on any atom is -0.496 e. The second kappa shape index (κ2) is 9.37. The molecule has 0 aromatic heterocycles. The topological polar surface area (TPSA) is 103 Å². The lowest BCUT2D eigenvalue weighted by Crippen LogP contribution is -2.35. The number of para-hydroxylation sites is 2. The van der Waals surface area contributed by atoms with Crippen LogP contribution in [-0.4, -0.2) is 47.3 Å². The van der Waals surface area contributed by atoms with E-state index in [0.717, 1.165) is 6.07 Å². The predicted molar refractivity (Wildman–Crippen MR) is 104 cm³/mol. The van der Waals surface area contributed by atoms with Crippen LogP contribution in [0.25, 0.3) is 0 Å². The lowest BCUT2D eigenvalue weighted by molar-refractivity contribution is -0.0493. The highest BCUT2D eigenvalue weighted by atomic mass is 32.2. The van der Waals surface area contributed by atoms with Crippen molar-refractivity contribution in [2.75, 3.05) is 25.6 Å². The molecule has 3 rings (SSSR count). The van der Waals surface area contributed by atoms with Crippen molar-refractivity contribution in [2.45, 2.75) is 24.0 Å². The zero-order valence-corrected chi connectivity index (χ0v) is 16.7. The van der Waals surface area contributed by atoms with Crippen molar-refractivity contribution in [1.82, 2.24) is 4.72 Å². The summed E-state index contributed by atoms with van der Waals surface area (Å²) in [6.07, 6.45) is 0.545. The highest BCUT2D eigenvalue weighted by Gasteiger charge is 2.25. The van der Waals surface area contributed by atoms with Crippen LogP contribution in [0.15, 0.2) is 47.4 Å². The fourth-order valence-electron chi connectivity index (χ4n) is 2.90. The maximum absolute atomic E-state index is 12.8. The molecule has 0 unspecified atom stereocenters. The van der Waals surface area contributed by atoms with Crippen molar-refractivity contribution < 1.29 is 36.2 Å². The second-order valence-electron chi connectivity index (χ2n) is 6.37. The standard InChI is InChI=1S/C19H20F2N2O6S/c1-27-16-7-6-13(30(25,26)23-12-8-9-28-11-12)10-14(16)18(24)22-15-4-2-3-5-17(15)29-19(20)21/h2-7,10,12,19,23H,8-9,11H2,1H3,(H,22,24)/t12-/m0/s1. The van der Waals surface area contributed by atoms with Crippen LogP contribution in [0.2, 0.25) is 0 Å². The number of carbonyl (C=O) groups excluding carboxylic acids is 1. The first-order valence-electron chi connectivity index (χ1n) is 8.93. The molecule has 2 N–H and O–H groups in total. The van der Waals surface area contributed by atoms with Crippen LogP contribution >= 0.6 is 0 Å². The number of hydrogen-bond acceptors (Lipinski definition) is 6. The van der Waals surface area contributed by atoms with E-state index < -0.39 is 22.5 Å². The Morgan fingerprint density at radius 2 is 1.97 bits per heavy atom. The van der Waals surface area contributed by atoms with Gasteiger partial charge in [0.1, 0.15) is 11.5 Å². The van der Waals surface area contributed by atoms with Crippen LogP contribution in [0.4, 0.5) is 14.5 Å². The Kier molecular flexibility index (Phi) is 6.85. The number of anilines is 1. The van der Waals surface area contributed by atoms with E-state index in [1.54, 1.807) is 0 Å². The van der Waals surface area contributed by atoms with Gasteiger partial charge in [-0.05, 0) is 36.8 Å². The summed E-state index contributed by atoms with van der Waals surface area (Å²) in [5.74, 6) is -0.868. The molecule has 8 nitrogen and oxygen atoms in total. The maximum atomic E-state index is 12.8. The van der Waals surface area contributed by atoms with E-state index in [2.05, 4.69) is 14.8 Å². The summed E-state index contributed by atoms with van der Waals surface area (Å²) in [7, 11) is -2.59. The minimum atomic E-state index is -3.91. The molecular formula is C19H20F2N2O6S. The molecular weight excluding hydrogens is 422 g/mol. The molecule has 2 aromatic rings. The summed E-state index contributed by atoms with van der Waals surface area (Å²) in [5.41, 5.74) is -0.0887. The van der Waals surface area contributed by atoms with E-state index in [1.165, 1.54) is 43.5 Å². The molecule has 0 radical (unpaired) electrons. The fourth-order valence-corrected chi connectivity index (χ4v) is 4.19. The first-order chi connectivity index (χ1) is 14.3. The van der Waals surface area contributed by atoms with Crippen LogP contribution < -0.4 is 19.5 Å². The molecule has 2 aromatic carbocycles. The van der Waals surface area contributed by atoms with Crippen molar-refractivity contribution in [2.24, 2.45) is 0 Å². The summed E-state index contributed by atoms with van der Waals surface area (Å²) < 4.78 is 67.7. The number of hydrogen-bond donors (Lipinski definition) is 2. The SMILES string of the molecule is COc1ccc(S(=O)(=O)N[C@H]2CCOC2)cc1C(=O)Nc1ccccc1OC(F)F. The van der Waals surface area contributed by atoms with Crippen LogP contribution in [0.1, 0.15) is 16.8 Å². The number of carbonyl (C=O) groups is 1. The van der Waals surface area contributed by atoms with E-state index >= 15 is 0 Å². The van der Waals surface area contributed by atoms with Gasteiger partial charge in [-0.2, -0.15) is 8.78 Å². The van der Waals surface area contributed by atoms with Crippen molar-refractivity contribution in [3.05, 3.63) is 48.0 Å². The molecule has 1 heterocycles. The van der Waals surface area contributed by atoms with Gasteiger partial charge in [0.05, 0.1) is 29.9 Å². The number of halogens is 2. The maximum Gasteiger partial charge on any atom is 0.387 e. The van der Waals surface area contributed by atoms with Gasteiger partial charge in [0.15, 0.2) is 0 Å². The number of methoxy groups -OCH3 is 1. The number of nitrogens with one attached hydrogen (secondary N) is 2. The number of ether oxygens (including phenoxy) is 3. The molecule has 0 aliphatic carbocycles. The third-order valence-electron chi connectivity index (χ3n) is 4.33. The molecule has 1 fully saturated rings. The van der Waals surface area contributed by atoms with Gasteiger partial charge in [-0.15, -0.1) is 0 Å². The lowest BCUT2D eigenvalue weighted by Gasteiger charge is -2.15. The molecule has 1 amide bonds. The Balaban J connectivity index is 1.88. The van der Waals surface area contributed by atoms with Crippen LogP contribution in [0, 0.1) is 0 Å². The average molecular weight is 442 g/mol. The van der Waals surface area contributed by atoms with Crippen molar-refractivity contribution in [3.63, 3.8) is 0 Å². The smallest absolute Gasteiger partial charge is 0.387 e. The van der Waals surface area contributed by atoms with Crippen LogP contribution in [0.5, 0.6) is 11.5 Å². The Morgan fingerprint density at radius 1 is 1.20 bits per heavy atom. The molecule has 11 heteroatoms. The third kappa shape index (κ3) is 5.23. The Labute approximate surface area is 172 Å². The highest BCUT2D eigenvalue weighted by molar-refractivity contribution is 7.89. The molecule has 30 heavy (non-hydrogen) atoms. The first-order valence-corrected chi connectivity index (χ1v) is 10.4. The van der Waals surface area contributed by atoms with Gasteiger partial charge >= 0.3 is 6.61 Å². The Morgan fingerprint density at radius 3 is 2.63 bits per heavy atom. The highest BCUT2D eigenvalue weighted by Crippen LogP contribution is 2.28. The van der Waals surface area contributed by atoms with Crippen LogP contribution in [0.3, 0.4) is 0 Å². The number of rotatable bonds is 8. The largest absolute Gasteiger partial charge is 0.496 e. The third-order valence-corrected chi connectivity index (χ3v) is 5.85. The van der Waals surface area contributed by atoms with Gasteiger partial charge < -0.3 is 19.5 Å². The van der Waals surface area contributed by atoms with Crippen LogP contribution in [-0.2, 0) is 14.8 Å². The van der Waals surface area contributed by atoms with Gasteiger partial charge in [-0.25, -0.2) is 13.1 Å². The summed E-state index contributed by atoms with van der Waals surface area (Å²) in [6, 6.07) is 9.10. The normalized spacial score (nSPS) is 16.5. The van der Waals surface area contributed by atoms with Gasteiger partial charge in [0.25, 0.3) is 5.91 Å². The summed E-state index contributed by atoms with van der Waals surface area (Å²) >= 11 is 0. The number of benzene rings is 2. The summed E-state index contributed by atoms with van der Waals surface area (Å²) in [6.45, 7) is -2.34. The zero-order valence-electron chi connectivity index (χ0n) is 15.9. The predicted octanol–water partition coefficient (Wildman–Crippen LogP) is 2.62. The summed E-state index contributed by atoms with van der Waals surface area (Å²) in [4.78, 5) is 12.6. The minimum absolute atomic E-state index is 0.000609. The lowest BCUT2D eigenvalue weighted by atomic mass is 10.1. The number of sulfonamides is 1. The van der Waals surface area contributed by atoms with Crippen molar-refractivity contribution in [1.29, 1.82) is 0 Å². The fraction of sp³-hybridized carbons (Fsp3) is 0.316. The Bertz CT molecular complexity index is 1010. The number of amides is 1. The van der Waals surface area contributed by atoms with E-state index in [9.17, 15) is 22.0 Å². The monoisotopic (exact) mass is 442 g/mol. The molecule has 0 saturated carbocycles. The molecule has 1 atom stereocenters. The molecule has 0 bridgehead atoms. The van der Waals surface area contributed by atoms with E-state index in [-0.39, 0.29) is 40.3 Å². The summed E-state index contributed by atoms with van der Waals surface area (Å²) in [5, 5.41) is 2.45. The molecule has 1 saturated heterocycles. The van der Waals surface area contributed by atoms with E-state index in [1.807, 2.05) is 0 Å². The molecule has 1 aliphatic rings. The molecule has 0 spiro atoms. The quantitative estimate of drug-likeness (QED) is 0.652. The molecule has 1 aliphatic heterocycles. The van der Waals surface area contributed by atoms with Gasteiger partial charge in [0, 0.05) is 12.6 Å². The van der Waals surface area contributed by atoms with Gasteiger partial charge in [-0.3, -0.25) is 4.79 Å². The molecule has 162 valence electrons. The van der Waals surface area contributed by atoms with Crippen molar-refractivity contribution >= 4 is 21.6 Å². The number of alkyl halides is 2. The van der Waals surface area contributed by atoms with Crippen molar-refractivity contribution in [3.8, 4) is 11.5 Å². The zero-order chi connectivity index (χ0) is 21.7.